The number of nitrogens with one attached hydrogen (secondary N) is 1. The second-order valence-electron chi connectivity index (χ2n) is 8.97. The van der Waals surface area contributed by atoms with Gasteiger partial charge in [-0.05, 0) is 62.4 Å². The molecule has 184 valence electrons. The number of rotatable bonds is 12. The van der Waals surface area contributed by atoms with Gasteiger partial charge < -0.3 is 9.84 Å². The monoisotopic (exact) mass is 485 g/mol. The quantitative estimate of drug-likeness (QED) is 0.407. The summed E-state index contributed by atoms with van der Waals surface area (Å²) in [4.78, 5) is 12.2. The number of sulfonamides is 1. The number of hydrogen-bond acceptors (Lipinski definition) is 4. The van der Waals surface area contributed by atoms with E-state index < -0.39 is 21.4 Å². The van der Waals surface area contributed by atoms with Crippen LogP contribution in [0.25, 0.3) is 0 Å². The molecule has 2 rings (SSSR count). The van der Waals surface area contributed by atoms with Gasteiger partial charge in [-0.3, -0.25) is 4.79 Å². The van der Waals surface area contributed by atoms with Crippen molar-refractivity contribution in [1.29, 1.82) is 0 Å². The van der Waals surface area contributed by atoms with Crippen molar-refractivity contribution in [2.75, 3.05) is 6.61 Å². The molecule has 0 spiro atoms. The first-order valence-corrected chi connectivity index (χ1v) is 13.0. The largest absolute Gasteiger partial charge is 0.492 e. The molecule has 0 saturated carbocycles. The molecule has 0 bridgehead atoms. The van der Waals surface area contributed by atoms with Gasteiger partial charge in [0, 0.05) is 18.9 Å². The molecule has 0 fully saturated rings. The Morgan fingerprint density at radius 1 is 1.21 bits per heavy atom. The lowest BCUT2D eigenvalue weighted by atomic mass is 9.66. The maximum Gasteiger partial charge on any atom is 0.309 e. The number of hydrogen-bond donors (Lipinski definition) is 2. The van der Waals surface area contributed by atoms with E-state index in [4.69, 9.17) is 11.2 Å². The minimum absolute atomic E-state index is 0.0265. The molecule has 0 aromatic heterocycles. The van der Waals surface area contributed by atoms with E-state index in [-0.39, 0.29) is 23.3 Å². The summed E-state index contributed by atoms with van der Waals surface area (Å²) in [5.41, 5.74) is 1.46. The van der Waals surface area contributed by atoms with Crippen molar-refractivity contribution in [2.24, 2.45) is 11.3 Å². The zero-order chi connectivity index (χ0) is 25.5. The molecule has 0 aliphatic heterocycles. The summed E-state index contributed by atoms with van der Waals surface area (Å²) in [6, 6.07) is 12.2. The molecule has 2 N–H and O–H groups in total. The Balaban J connectivity index is 2.44. The average molecular weight is 486 g/mol. The van der Waals surface area contributed by atoms with Crippen molar-refractivity contribution in [1.82, 2.24) is 4.72 Å². The first-order chi connectivity index (χ1) is 16.0. The molecule has 0 radical (unpaired) electrons. The third-order valence-electron chi connectivity index (χ3n) is 6.33. The second kappa shape index (κ2) is 11.5. The molecule has 2 unspecified atom stereocenters. The molecule has 0 saturated heterocycles. The Hall–Kier alpha value is -2.82. The highest BCUT2D eigenvalue weighted by Gasteiger charge is 2.41. The lowest BCUT2D eigenvalue weighted by Gasteiger charge is -2.36. The zero-order valence-corrected chi connectivity index (χ0v) is 21.4. The molecule has 34 heavy (non-hydrogen) atoms. The normalized spacial score (nSPS) is 13.6. The van der Waals surface area contributed by atoms with Crippen LogP contribution < -0.4 is 9.46 Å². The van der Waals surface area contributed by atoms with E-state index in [2.05, 4.69) is 10.6 Å². The van der Waals surface area contributed by atoms with E-state index in [0.29, 0.717) is 18.8 Å². The molecule has 2 aromatic carbocycles. The fourth-order valence-electron chi connectivity index (χ4n) is 4.33. The third kappa shape index (κ3) is 6.19. The van der Waals surface area contributed by atoms with Crippen molar-refractivity contribution in [3.63, 3.8) is 0 Å². The van der Waals surface area contributed by atoms with E-state index >= 15 is 0 Å². The molecular formula is C27H35NO5S. The van der Waals surface area contributed by atoms with Crippen LogP contribution in [0.15, 0.2) is 47.4 Å². The molecule has 6 nitrogen and oxygen atoms in total. The summed E-state index contributed by atoms with van der Waals surface area (Å²) in [6.45, 7) is 9.55. The smallest absolute Gasteiger partial charge is 0.309 e. The zero-order valence-electron chi connectivity index (χ0n) is 20.6. The molecular weight excluding hydrogens is 450 g/mol. The Kier molecular flexibility index (Phi) is 9.31. The summed E-state index contributed by atoms with van der Waals surface area (Å²) in [7, 11) is -3.83. The number of carboxylic acids is 1. The van der Waals surface area contributed by atoms with E-state index in [1.54, 1.807) is 39.0 Å². The maximum atomic E-state index is 13.0. The number of terminal acetylenes is 1. The van der Waals surface area contributed by atoms with Crippen LogP contribution in [0.3, 0.4) is 0 Å². The van der Waals surface area contributed by atoms with Gasteiger partial charge in [-0.2, -0.15) is 0 Å². The van der Waals surface area contributed by atoms with Crippen LogP contribution in [0.5, 0.6) is 5.75 Å². The summed E-state index contributed by atoms with van der Waals surface area (Å²) in [5, 5.41) is 9.96. The highest BCUT2D eigenvalue weighted by molar-refractivity contribution is 7.89. The van der Waals surface area contributed by atoms with Gasteiger partial charge >= 0.3 is 5.97 Å². The number of benzene rings is 2. The van der Waals surface area contributed by atoms with Gasteiger partial charge in [-0.15, -0.1) is 12.3 Å². The topological polar surface area (TPSA) is 92.7 Å². The Bertz CT molecular complexity index is 1150. The van der Waals surface area contributed by atoms with Gasteiger partial charge in [-0.1, -0.05) is 43.7 Å². The fraction of sp³-hybridized carbons (Fsp3) is 0.444. The lowest BCUT2D eigenvalue weighted by Crippen LogP contribution is -2.36. The van der Waals surface area contributed by atoms with Crippen LogP contribution >= 0.6 is 0 Å². The van der Waals surface area contributed by atoms with Crippen LogP contribution in [0.4, 0.5) is 0 Å². The highest BCUT2D eigenvalue weighted by Crippen LogP contribution is 2.44. The number of carboxylic acid groups (broad SMARTS) is 1. The first kappa shape index (κ1) is 27.4. The Morgan fingerprint density at radius 3 is 2.47 bits per heavy atom. The summed E-state index contributed by atoms with van der Waals surface area (Å²) in [5.74, 6) is 1.73. The van der Waals surface area contributed by atoms with Gasteiger partial charge in [0.15, 0.2) is 0 Å². The van der Waals surface area contributed by atoms with E-state index in [1.807, 2.05) is 32.0 Å². The molecule has 0 aliphatic rings. The predicted molar refractivity (Wildman–Crippen MR) is 134 cm³/mol. The van der Waals surface area contributed by atoms with Crippen molar-refractivity contribution in [3.05, 3.63) is 59.2 Å². The van der Waals surface area contributed by atoms with Crippen LogP contribution in [-0.2, 0) is 21.4 Å². The van der Waals surface area contributed by atoms with Gasteiger partial charge in [-0.25, -0.2) is 13.1 Å². The first-order valence-electron chi connectivity index (χ1n) is 11.5. The van der Waals surface area contributed by atoms with Crippen molar-refractivity contribution < 1.29 is 23.1 Å². The van der Waals surface area contributed by atoms with E-state index in [0.717, 1.165) is 23.1 Å². The third-order valence-corrected chi connectivity index (χ3v) is 7.77. The van der Waals surface area contributed by atoms with E-state index in [1.165, 1.54) is 6.07 Å². The molecule has 0 aliphatic carbocycles. The fourth-order valence-corrected chi connectivity index (χ4v) is 5.48. The lowest BCUT2D eigenvalue weighted by molar-refractivity contribution is -0.149. The molecule has 0 heterocycles. The molecule has 2 aromatic rings. The Morgan fingerprint density at radius 2 is 1.88 bits per heavy atom. The second-order valence-corrected chi connectivity index (χ2v) is 10.7. The Labute approximate surface area is 203 Å². The van der Waals surface area contributed by atoms with Crippen molar-refractivity contribution >= 4 is 16.0 Å². The average Bonchev–Trinajstić information content (AvgIpc) is 2.79. The number of aliphatic carboxylic acids is 1. The van der Waals surface area contributed by atoms with Crippen LogP contribution in [0.2, 0.25) is 0 Å². The summed E-state index contributed by atoms with van der Waals surface area (Å²) in [6.07, 6.45) is 6.79. The van der Waals surface area contributed by atoms with Gasteiger partial charge in [0.25, 0.3) is 0 Å². The molecule has 0 amide bonds. The number of aryl methyl sites for hydroxylation is 1. The summed E-state index contributed by atoms with van der Waals surface area (Å²) >= 11 is 0. The van der Waals surface area contributed by atoms with Gasteiger partial charge in [0.2, 0.25) is 10.0 Å². The highest BCUT2D eigenvalue weighted by atomic mass is 32.2. The van der Waals surface area contributed by atoms with E-state index in [9.17, 15) is 18.3 Å². The van der Waals surface area contributed by atoms with Crippen LogP contribution in [0, 0.1) is 30.6 Å². The van der Waals surface area contributed by atoms with Crippen LogP contribution in [-0.4, -0.2) is 26.1 Å². The molecule has 2 atom stereocenters. The standard InChI is InChI=1S/C27H35NO5S/c1-7-12-20(8-2)25(27(5,6)26(29)30)21-16-15-19(4)22(17-21)18-28-34(31,32)24-14-11-10-13-23(24)33-9-3/h1,10-11,13-17,20,25,28H,8-9,12,18H2,2-6H3,(H,29,30). The van der Waals surface area contributed by atoms with Crippen LogP contribution in [0.1, 0.15) is 63.1 Å². The maximum absolute atomic E-state index is 13.0. The molecule has 7 heteroatoms. The van der Waals surface area contributed by atoms with Gasteiger partial charge in [0.05, 0.1) is 12.0 Å². The minimum Gasteiger partial charge on any atom is -0.492 e. The van der Waals surface area contributed by atoms with Gasteiger partial charge in [0.1, 0.15) is 10.6 Å². The SMILES string of the molecule is C#CCC(CC)C(c1ccc(C)c(CNS(=O)(=O)c2ccccc2OCC)c1)C(C)(C)C(=O)O. The number of carbonyl (C=O) groups is 1. The summed E-state index contributed by atoms with van der Waals surface area (Å²) < 4.78 is 34.2. The number of ether oxygens (including phenoxy) is 1. The number of para-hydroxylation sites is 1. The van der Waals surface area contributed by atoms with Crippen molar-refractivity contribution in [2.45, 2.75) is 64.8 Å². The van der Waals surface area contributed by atoms with Crippen molar-refractivity contribution in [3.8, 4) is 18.1 Å². The minimum atomic E-state index is -3.83. The predicted octanol–water partition coefficient (Wildman–Crippen LogP) is 5.12.